The first-order valence-corrected chi connectivity index (χ1v) is 15.9. The molecule has 9 rings (SSSR count). The Labute approximate surface area is 268 Å². The van der Waals surface area contributed by atoms with Crippen LogP contribution in [-0.2, 0) is 0 Å². The Kier molecular flexibility index (Phi) is 6.25. The van der Waals surface area contributed by atoms with Gasteiger partial charge in [0, 0.05) is 0 Å². The molecule has 46 heavy (non-hydrogen) atoms. The van der Waals surface area contributed by atoms with Crippen molar-refractivity contribution in [2.45, 2.75) is 0 Å². The smallest absolute Gasteiger partial charge is 0.00992 e. The lowest BCUT2D eigenvalue weighted by Crippen LogP contribution is -1.87. The molecule has 0 heteroatoms. The Morgan fingerprint density at radius 3 is 1.20 bits per heavy atom. The standard InChI is InChI=1S/C46H30/c1-3-11-39-32(8-1)10-7-15-40(39)34-21-23-36(24-22-34)43-29-28-42(44-13-5-6-14-45(43)44)35-18-16-31(17-19-35)38-27-26-37-25-20-33-9-2-4-12-41(33)46(37)30-38/h1-30H. The fraction of sp³-hybridized carbons (Fsp3) is 0. The second-order valence-corrected chi connectivity index (χ2v) is 12.1. The van der Waals surface area contributed by atoms with Crippen LogP contribution in [0.3, 0.4) is 0 Å². The van der Waals surface area contributed by atoms with E-state index in [9.17, 15) is 0 Å². The molecule has 0 bridgehead atoms. The van der Waals surface area contributed by atoms with Crippen LogP contribution in [0.1, 0.15) is 0 Å². The predicted octanol–water partition coefficient (Wildman–Crippen LogP) is 13.0. The Balaban J connectivity index is 1.07. The highest BCUT2D eigenvalue weighted by Gasteiger charge is 2.11. The second kappa shape index (κ2) is 10.9. The zero-order valence-corrected chi connectivity index (χ0v) is 25.3. The fourth-order valence-electron chi connectivity index (χ4n) is 7.13. The van der Waals surface area contributed by atoms with E-state index in [2.05, 4.69) is 182 Å². The highest BCUT2D eigenvalue weighted by Crippen LogP contribution is 2.38. The van der Waals surface area contributed by atoms with E-state index < -0.39 is 0 Å². The van der Waals surface area contributed by atoms with Gasteiger partial charge in [-0.15, -0.1) is 0 Å². The molecule has 9 aromatic carbocycles. The summed E-state index contributed by atoms with van der Waals surface area (Å²) in [5.74, 6) is 0. The predicted molar refractivity (Wildman–Crippen MR) is 198 cm³/mol. The van der Waals surface area contributed by atoms with Crippen molar-refractivity contribution in [2.75, 3.05) is 0 Å². The first-order valence-electron chi connectivity index (χ1n) is 15.9. The van der Waals surface area contributed by atoms with Crippen molar-refractivity contribution in [3.8, 4) is 44.5 Å². The van der Waals surface area contributed by atoms with Crippen LogP contribution in [-0.4, -0.2) is 0 Å². The summed E-state index contributed by atoms with van der Waals surface area (Å²) >= 11 is 0. The molecular formula is C46H30. The van der Waals surface area contributed by atoms with Gasteiger partial charge in [-0.25, -0.2) is 0 Å². The van der Waals surface area contributed by atoms with Crippen molar-refractivity contribution in [3.63, 3.8) is 0 Å². The van der Waals surface area contributed by atoms with Gasteiger partial charge in [-0.05, 0) is 93.7 Å². The van der Waals surface area contributed by atoms with Gasteiger partial charge in [0.2, 0.25) is 0 Å². The first kappa shape index (κ1) is 26.4. The average Bonchev–Trinajstić information content (AvgIpc) is 3.14. The highest BCUT2D eigenvalue weighted by atomic mass is 14.2. The first-order chi connectivity index (χ1) is 22.8. The van der Waals surface area contributed by atoms with Crippen molar-refractivity contribution >= 4 is 43.1 Å². The number of fused-ring (bicyclic) bond motifs is 5. The lowest BCUT2D eigenvalue weighted by atomic mass is 9.90. The average molecular weight is 583 g/mol. The number of benzene rings is 9. The van der Waals surface area contributed by atoms with Crippen LogP contribution >= 0.6 is 0 Å². The fourth-order valence-corrected chi connectivity index (χ4v) is 7.13. The van der Waals surface area contributed by atoms with Crippen LogP contribution in [0.2, 0.25) is 0 Å². The number of hydrogen-bond donors (Lipinski definition) is 0. The Morgan fingerprint density at radius 2 is 0.587 bits per heavy atom. The third-order valence-corrected chi connectivity index (χ3v) is 9.50. The van der Waals surface area contributed by atoms with Crippen LogP contribution in [0.4, 0.5) is 0 Å². The van der Waals surface area contributed by atoms with E-state index in [-0.39, 0.29) is 0 Å². The van der Waals surface area contributed by atoms with Gasteiger partial charge in [-0.2, -0.15) is 0 Å². The maximum Gasteiger partial charge on any atom is -0.00992 e. The third kappa shape index (κ3) is 4.47. The molecule has 0 saturated heterocycles. The zero-order chi connectivity index (χ0) is 30.5. The number of rotatable bonds is 4. The monoisotopic (exact) mass is 582 g/mol. The lowest BCUT2D eigenvalue weighted by molar-refractivity contribution is 1.60. The zero-order valence-electron chi connectivity index (χ0n) is 25.3. The van der Waals surface area contributed by atoms with E-state index in [1.165, 1.54) is 87.6 Å². The number of hydrogen-bond acceptors (Lipinski definition) is 0. The second-order valence-electron chi connectivity index (χ2n) is 12.1. The van der Waals surface area contributed by atoms with E-state index in [1.54, 1.807) is 0 Å². The van der Waals surface area contributed by atoms with Gasteiger partial charge < -0.3 is 0 Å². The van der Waals surface area contributed by atoms with Gasteiger partial charge in [0.1, 0.15) is 0 Å². The molecule has 0 aliphatic rings. The van der Waals surface area contributed by atoms with Crippen LogP contribution in [0.15, 0.2) is 182 Å². The lowest BCUT2D eigenvalue weighted by Gasteiger charge is -2.14. The molecule has 0 saturated carbocycles. The molecule has 0 atom stereocenters. The molecule has 0 radical (unpaired) electrons. The summed E-state index contributed by atoms with van der Waals surface area (Å²) in [5.41, 5.74) is 9.93. The van der Waals surface area contributed by atoms with Crippen molar-refractivity contribution in [1.29, 1.82) is 0 Å². The van der Waals surface area contributed by atoms with Crippen molar-refractivity contribution in [1.82, 2.24) is 0 Å². The third-order valence-electron chi connectivity index (χ3n) is 9.50. The molecule has 9 aromatic rings. The summed E-state index contributed by atoms with van der Waals surface area (Å²) in [5, 5.41) is 10.2. The van der Waals surface area contributed by atoms with Gasteiger partial charge >= 0.3 is 0 Å². The van der Waals surface area contributed by atoms with Crippen LogP contribution in [0.5, 0.6) is 0 Å². The van der Waals surface area contributed by atoms with Gasteiger partial charge in [-0.3, -0.25) is 0 Å². The van der Waals surface area contributed by atoms with E-state index >= 15 is 0 Å². The molecule has 0 spiro atoms. The molecule has 0 fully saturated rings. The molecule has 0 unspecified atom stereocenters. The summed E-state index contributed by atoms with van der Waals surface area (Å²) < 4.78 is 0. The normalized spacial score (nSPS) is 11.5. The highest BCUT2D eigenvalue weighted by molar-refractivity contribution is 6.09. The van der Waals surface area contributed by atoms with Gasteiger partial charge in [0.15, 0.2) is 0 Å². The van der Waals surface area contributed by atoms with Crippen molar-refractivity contribution in [2.24, 2.45) is 0 Å². The molecule has 0 nitrogen and oxygen atoms in total. The minimum absolute atomic E-state index is 1.23. The van der Waals surface area contributed by atoms with Crippen LogP contribution in [0.25, 0.3) is 87.6 Å². The molecular weight excluding hydrogens is 553 g/mol. The Bertz CT molecular complexity index is 2550. The molecule has 0 aliphatic heterocycles. The van der Waals surface area contributed by atoms with Crippen LogP contribution < -0.4 is 0 Å². The maximum absolute atomic E-state index is 2.34. The molecule has 214 valence electrons. The summed E-state index contributed by atoms with van der Waals surface area (Å²) in [4.78, 5) is 0. The van der Waals surface area contributed by atoms with E-state index in [0.29, 0.717) is 0 Å². The Morgan fingerprint density at radius 1 is 0.196 bits per heavy atom. The van der Waals surface area contributed by atoms with Crippen molar-refractivity contribution < 1.29 is 0 Å². The molecule has 0 aromatic heterocycles. The molecule has 0 heterocycles. The largest absolute Gasteiger partial charge is 0.0616 e. The van der Waals surface area contributed by atoms with Gasteiger partial charge in [-0.1, -0.05) is 176 Å². The molecule has 0 aliphatic carbocycles. The Hall–Kier alpha value is -5.98. The minimum Gasteiger partial charge on any atom is -0.0616 e. The van der Waals surface area contributed by atoms with E-state index in [1.807, 2.05) is 0 Å². The van der Waals surface area contributed by atoms with E-state index in [4.69, 9.17) is 0 Å². The summed E-state index contributed by atoms with van der Waals surface area (Å²) in [6.45, 7) is 0. The maximum atomic E-state index is 2.34. The summed E-state index contributed by atoms with van der Waals surface area (Å²) in [6.07, 6.45) is 0. The summed E-state index contributed by atoms with van der Waals surface area (Å²) in [6, 6.07) is 66.5. The van der Waals surface area contributed by atoms with Gasteiger partial charge in [0.25, 0.3) is 0 Å². The quantitative estimate of drug-likeness (QED) is 0.181. The van der Waals surface area contributed by atoms with Gasteiger partial charge in [0.05, 0.1) is 0 Å². The van der Waals surface area contributed by atoms with E-state index in [0.717, 1.165) is 0 Å². The molecule has 0 N–H and O–H groups in total. The SMILES string of the molecule is c1ccc2c(-c3ccc(-c4ccc(-c5ccc(-c6ccc7ccc8ccccc8c7c6)cc5)c5ccccc45)cc3)cccc2c1. The van der Waals surface area contributed by atoms with Crippen molar-refractivity contribution in [3.05, 3.63) is 182 Å². The minimum atomic E-state index is 1.23. The summed E-state index contributed by atoms with van der Waals surface area (Å²) in [7, 11) is 0. The topological polar surface area (TPSA) is 0 Å². The molecule has 0 amide bonds. The van der Waals surface area contributed by atoms with Crippen LogP contribution in [0, 0.1) is 0 Å².